The van der Waals surface area contributed by atoms with Crippen molar-refractivity contribution in [3.05, 3.63) is 53.8 Å². The summed E-state index contributed by atoms with van der Waals surface area (Å²) in [5.74, 6) is 1.09. The van der Waals surface area contributed by atoms with Crippen molar-refractivity contribution >= 4 is 11.9 Å². The summed E-state index contributed by atoms with van der Waals surface area (Å²) >= 11 is 0. The van der Waals surface area contributed by atoms with E-state index in [1.807, 2.05) is 0 Å². The molecule has 0 bridgehead atoms. The lowest BCUT2D eigenvalue weighted by Gasteiger charge is -2.06. The Kier molecular flexibility index (Phi) is 4.13. The minimum absolute atomic E-state index is 0.267. The van der Waals surface area contributed by atoms with Gasteiger partial charge in [-0.1, -0.05) is 12.1 Å². The van der Waals surface area contributed by atoms with Crippen LogP contribution < -0.4 is 9.47 Å². The van der Waals surface area contributed by atoms with E-state index in [-0.39, 0.29) is 5.82 Å². The van der Waals surface area contributed by atoms with E-state index in [0.29, 0.717) is 17.2 Å². The molecular weight excluding hydrogens is 245 g/mol. The van der Waals surface area contributed by atoms with Gasteiger partial charge in [0.2, 0.25) is 0 Å². The van der Waals surface area contributed by atoms with Gasteiger partial charge in [0.25, 0.3) is 0 Å². The van der Waals surface area contributed by atoms with Crippen LogP contribution in [-0.4, -0.2) is 20.4 Å². The summed E-state index contributed by atoms with van der Waals surface area (Å²) in [6.45, 7) is 0. The van der Waals surface area contributed by atoms with Crippen molar-refractivity contribution < 1.29 is 13.9 Å². The molecule has 4 heteroatoms. The highest BCUT2D eigenvalue weighted by atomic mass is 19.1. The number of hydrogen-bond acceptors (Lipinski definition) is 3. The monoisotopic (exact) mass is 259 g/mol. The molecule has 0 amide bonds. The molecule has 2 aromatic rings. The van der Waals surface area contributed by atoms with Gasteiger partial charge in [-0.15, -0.1) is 0 Å². The molecule has 0 saturated carbocycles. The Hall–Kier alpha value is -2.36. The molecule has 2 aromatic carbocycles. The van der Waals surface area contributed by atoms with E-state index in [9.17, 15) is 4.39 Å². The third-order valence-electron chi connectivity index (χ3n) is 2.61. The van der Waals surface area contributed by atoms with Crippen LogP contribution in [0.25, 0.3) is 0 Å². The molecular formula is C15H14FNO2. The average molecular weight is 259 g/mol. The van der Waals surface area contributed by atoms with Gasteiger partial charge in [0.15, 0.2) is 0 Å². The largest absolute Gasteiger partial charge is 0.497 e. The highest BCUT2D eigenvalue weighted by Gasteiger charge is 2.02. The fourth-order valence-corrected chi connectivity index (χ4v) is 1.59. The molecule has 0 radical (unpaired) electrons. The van der Waals surface area contributed by atoms with Crippen molar-refractivity contribution in [1.29, 1.82) is 0 Å². The molecule has 0 aliphatic carbocycles. The maximum absolute atomic E-state index is 12.8. The maximum atomic E-state index is 12.8. The molecule has 0 fully saturated rings. The van der Waals surface area contributed by atoms with Gasteiger partial charge < -0.3 is 9.47 Å². The SMILES string of the molecule is COc1ccc(OC)c(N=Cc2ccc(F)cc2)c1. The Morgan fingerprint density at radius 3 is 2.37 bits per heavy atom. The second-order valence-electron chi connectivity index (χ2n) is 3.85. The van der Waals surface area contributed by atoms with Crippen LogP contribution in [0.4, 0.5) is 10.1 Å². The molecule has 0 N–H and O–H groups in total. The van der Waals surface area contributed by atoms with Crippen LogP contribution >= 0.6 is 0 Å². The molecule has 0 atom stereocenters. The quantitative estimate of drug-likeness (QED) is 0.785. The summed E-state index contributed by atoms with van der Waals surface area (Å²) in [4.78, 5) is 4.33. The number of halogens is 1. The van der Waals surface area contributed by atoms with Gasteiger partial charge in [-0.25, -0.2) is 4.39 Å². The van der Waals surface area contributed by atoms with Crippen LogP contribution in [0.2, 0.25) is 0 Å². The number of rotatable bonds is 4. The van der Waals surface area contributed by atoms with Crippen LogP contribution in [0, 0.1) is 5.82 Å². The molecule has 0 heterocycles. The van der Waals surface area contributed by atoms with E-state index in [2.05, 4.69) is 4.99 Å². The van der Waals surface area contributed by atoms with Gasteiger partial charge in [0.05, 0.1) is 14.2 Å². The van der Waals surface area contributed by atoms with Gasteiger partial charge in [-0.05, 0) is 29.8 Å². The van der Waals surface area contributed by atoms with Gasteiger partial charge in [-0.2, -0.15) is 0 Å². The van der Waals surface area contributed by atoms with Gasteiger partial charge in [0.1, 0.15) is 23.0 Å². The first kappa shape index (κ1) is 13.1. The van der Waals surface area contributed by atoms with Crippen LogP contribution in [0.1, 0.15) is 5.56 Å². The summed E-state index contributed by atoms with van der Waals surface area (Å²) in [5, 5.41) is 0. The minimum atomic E-state index is -0.267. The average Bonchev–Trinajstić information content (AvgIpc) is 2.46. The van der Waals surface area contributed by atoms with Crippen molar-refractivity contribution in [2.75, 3.05) is 14.2 Å². The topological polar surface area (TPSA) is 30.8 Å². The highest BCUT2D eigenvalue weighted by Crippen LogP contribution is 2.31. The van der Waals surface area contributed by atoms with E-state index in [4.69, 9.17) is 9.47 Å². The molecule has 0 spiro atoms. The van der Waals surface area contributed by atoms with E-state index in [1.165, 1.54) is 12.1 Å². The lowest BCUT2D eigenvalue weighted by Crippen LogP contribution is -1.87. The third kappa shape index (κ3) is 3.31. The Balaban J connectivity index is 2.28. The number of methoxy groups -OCH3 is 2. The maximum Gasteiger partial charge on any atom is 0.144 e. The third-order valence-corrected chi connectivity index (χ3v) is 2.61. The Labute approximate surface area is 111 Å². The Morgan fingerprint density at radius 1 is 1.00 bits per heavy atom. The molecule has 19 heavy (non-hydrogen) atoms. The van der Waals surface area contributed by atoms with E-state index >= 15 is 0 Å². The predicted octanol–water partition coefficient (Wildman–Crippen LogP) is 3.59. The first-order chi connectivity index (χ1) is 9.22. The molecule has 2 rings (SSSR count). The molecule has 0 unspecified atom stereocenters. The Bertz CT molecular complexity index is 579. The summed E-state index contributed by atoms with van der Waals surface area (Å²) in [7, 11) is 3.17. The van der Waals surface area contributed by atoms with Gasteiger partial charge >= 0.3 is 0 Å². The normalized spacial score (nSPS) is 10.7. The lowest BCUT2D eigenvalue weighted by molar-refractivity contribution is 0.404. The van der Waals surface area contributed by atoms with E-state index in [1.54, 1.807) is 50.8 Å². The van der Waals surface area contributed by atoms with E-state index < -0.39 is 0 Å². The molecule has 0 saturated heterocycles. The van der Waals surface area contributed by atoms with Crippen molar-refractivity contribution in [1.82, 2.24) is 0 Å². The van der Waals surface area contributed by atoms with E-state index in [0.717, 1.165) is 5.56 Å². The number of benzene rings is 2. The fourth-order valence-electron chi connectivity index (χ4n) is 1.59. The molecule has 98 valence electrons. The second kappa shape index (κ2) is 6.00. The van der Waals surface area contributed by atoms with Crippen molar-refractivity contribution in [2.24, 2.45) is 4.99 Å². The Morgan fingerprint density at radius 2 is 1.74 bits per heavy atom. The summed E-state index contributed by atoms with van der Waals surface area (Å²) in [6.07, 6.45) is 1.65. The first-order valence-corrected chi connectivity index (χ1v) is 5.74. The van der Waals surface area contributed by atoms with Crippen LogP contribution in [0.5, 0.6) is 11.5 Å². The van der Waals surface area contributed by atoms with Crippen molar-refractivity contribution in [3.8, 4) is 11.5 Å². The van der Waals surface area contributed by atoms with Crippen LogP contribution in [0.15, 0.2) is 47.5 Å². The molecule has 0 aliphatic rings. The smallest absolute Gasteiger partial charge is 0.144 e. The first-order valence-electron chi connectivity index (χ1n) is 5.74. The minimum Gasteiger partial charge on any atom is -0.497 e. The lowest BCUT2D eigenvalue weighted by atomic mass is 10.2. The number of aliphatic imine (C=N–C) groups is 1. The predicted molar refractivity (Wildman–Crippen MR) is 73.2 cm³/mol. The highest BCUT2D eigenvalue weighted by molar-refractivity contribution is 5.82. The summed E-state index contributed by atoms with van der Waals surface area (Å²) in [6, 6.07) is 11.5. The zero-order chi connectivity index (χ0) is 13.7. The molecule has 3 nitrogen and oxygen atoms in total. The van der Waals surface area contributed by atoms with Gasteiger partial charge in [0, 0.05) is 12.3 Å². The van der Waals surface area contributed by atoms with Gasteiger partial charge in [-0.3, -0.25) is 4.99 Å². The fraction of sp³-hybridized carbons (Fsp3) is 0.133. The van der Waals surface area contributed by atoms with Crippen LogP contribution in [0.3, 0.4) is 0 Å². The summed E-state index contributed by atoms with van der Waals surface area (Å²) < 4.78 is 23.2. The van der Waals surface area contributed by atoms with Crippen LogP contribution in [-0.2, 0) is 0 Å². The number of hydrogen-bond donors (Lipinski definition) is 0. The summed E-state index contributed by atoms with van der Waals surface area (Å²) in [5.41, 5.74) is 1.47. The molecule has 0 aromatic heterocycles. The second-order valence-corrected chi connectivity index (χ2v) is 3.85. The number of nitrogens with zero attached hydrogens (tertiary/aromatic N) is 1. The van der Waals surface area contributed by atoms with Crippen molar-refractivity contribution in [3.63, 3.8) is 0 Å². The zero-order valence-electron chi connectivity index (χ0n) is 10.8. The standard InChI is InChI=1S/C15H14FNO2/c1-18-13-7-8-15(19-2)14(9-13)17-10-11-3-5-12(16)6-4-11/h3-10H,1-2H3. The van der Waals surface area contributed by atoms with Crippen molar-refractivity contribution in [2.45, 2.75) is 0 Å². The molecule has 0 aliphatic heterocycles. The zero-order valence-corrected chi connectivity index (χ0v) is 10.8. The number of ether oxygens (including phenoxy) is 2.